The summed E-state index contributed by atoms with van der Waals surface area (Å²) >= 11 is 0. The van der Waals surface area contributed by atoms with Crippen molar-refractivity contribution < 1.29 is 9.84 Å². The molecule has 2 nitrogen and oxygen atoms in total. The maximum absolute atomic E-state index is 9.82. The van der Waals surface area contributed by atoms with Gasteiger partial charge in [-0.05, 0) is 31.4 Å². The minimum Gasteiger partial charge on any atom is -0.494 e. The Labute approximate surface area is 84.5 Å². The van der Waals surface area contributed by atoms with Crippen molar-refractivity contribution in [3.8, 4) is 5.75 Å². The van der Waals surface area contributed by atoms with Crippen molar-refractivity contribution >= 4 is 0 Å². The van der Waals surface area contributed by atoms with E-state index in [9.17, 15) is 5.11 Å². The lowest BCUT2D eigenvalue weighted by Gasteiger charge is -2.12. The van der Waals surface area contributed by atoms with Crippen LogP contribution < -0.4 is 4.74 Å². The lowest BCUT2D eigenvalue weighted by molar-refractivity contribution is 0.149. The van der Waals surface area contributed by atoms with Gasteiger partial charge in [-0.15, -0.1) is 0 Å². The highest BCUT2D eigenvalue weighted by molar-refractivity contribution is 5.35. The Morgan fingerprint density at radius 1 is 1.36 bits per heavy atom. The molecule has 1 aromatic rings. The van der Waals surface area contributed by atoms with Crippen LogP contribution in [0.3, 0.4) is 0 Å². The molecule has 0 atom stereocenters. The second kappa shape index (κ2) is 3.62. The van der Waals surface area contributed by atoms with Crippen molar-refractivity contribution in [3.05, 3.63) is 29.8 Å². The van der Waals surface area contributed by atoms with E-state index < -0.39 is 5.60 Å². The smallest absolute Gasteiger partial charge is 0.122 e. The van der Waals surface area contributed by atoms with E-state index in [-0.39, 0.29) is 0 Å². The number of benzene rings is 1. The van der Waals surface area contributed by atoms with Crippen LogP contribution >= 0.6 is 0 Å². The molecule has 1 aliphatic rings. The normalized spacial score (nSPS) is 17.9. The minimum absolute atomic E-state index is 0.437. The van der Waals surface area contributed by atoms with Crippen molar-refractivity contribution in [1.29, 1.82) is 0 Å². The molecule has 0 spiro atoms. The maximum atomic E-state index is 9.82. The summed E-state index contributed by atoms with van der Waals surface area (Å²) in [5, 5.41) is 9.82. The minimum atomic E-state index is -0.437. The van der Waals surface area contributed by atoms with E-state index in [4.69, 9.17) is 4.74 Å². The third kappa shape index (κ3) is 2.07. The van der Waals surface area contributed by atoms with E-state index >= 15 is 0 Å². The van der Waals surface area contributed by atoms with Gasteiger partial charge >= 0.3 is 0 Å². The first-order valence-electron chi connectivity index (χ1n) is 5.17. The molecule has 0 heterocycles. The Morgan fingerprint density at radius 3 is 2.71 bits per heavy atom. The summed E-state index contributed by atoms with van der Waals surface area (Å²) in [7, 11) is 0. The van der Waals surface area contributed by atoms with Gasteiger partial charge in [0.2, 0.25) is 0 Å². The third-order valence-electron chi connectivity index (χ3n) is 2.62. The van der Waals surface area contributed by atoms with E-state index in [0.29, 0.717) is 6.61 Å². The monoisotopic (exact) mass is 192 g/mol. The SMILES string of the molecule is CCOc1ccccc1CC1(O)CC1. The predicted molar refractivity (Wildman–Crippen MR) is 55.5 cm³/mol. The zero-order valence-electron chi connectivity index (χ0n) is 8.49. The molecule has 1 N–H and O–H groups in total. The fourth-order valence-corrected chi connectivity index (χ4v) is 1.62. The first-order chi connectivity index (χ1) is 6.73. The molecule has 1 fully saturated rings. The van der Waals surface area contributed by atoms with Crippen LogP contribution in [0.25, 0.3) is 0 Å². The number of rotatable bonds is 4. The van der Waals surface area contributed by atoms with Gasteiger partial charge < -0.3 is 9.84 Å². The Balaban J connectivity index is 2.14. The summed E-state index contributed by atoms with van der Waals surface area (Å²) in [5.74, 6) is 0.912. The van der Waals surface area contributed by atoms with Gasteiger partial charge in [-0.2, -0.15) is 0 Å². The van der Waals surface area contributed by atoms with Crippen molar-refractivity contribution in [3.63, 3.8) is 0 Å². The van der Waals surface area contributed by atoms with Crippen molar-refractivity contribution in [1.82, 2.24) is 0 Å². The van der Waals surface area contributed by atoms with Crippen LogP contribution in [-0.2, 0) is 6.42 Å². The second-order valence-corrected chi connectivity index (χ2v) is 3.94. The molecule has 14 heavy (non-hydrogen) atoms. The highest BCUT2D eigenvalue weighted by Gasteiger charge is 2.40. The summed E-state index contributed by atoms with van der Waals surface area (Å²) in [6.07, 6.45) is 2.57. The van der Waals surface area contributed by atoms with E-state index in [2.05, 4.69) is 0 Å². The molecule has 1 aromatic carbocycles. The summed E-state index contributed by atoms with van der Waals surface area (Å²) < 4.78 is 5.50. The Bertz CT molecular complexity index is 316. The lowest BCUT2D eigenvalue weighted by atomic mass is 10.1. The largest absolute Gasteiger partial charge is 0.494 e. The first-order valence-corrected chi connectivity index (χ1v) is 5.17. The molecule has 0 amide bonds. The van der Waals surface area contributed by atoms with Crippen LogP contribution in [-0.4, -0.2) is 17.3 Å². The Kier molecular flexibility index (Phi) is 2.46. The van der Waals surface area contributed by atoms with Crippen LogP contribution in [0.1, 0.15) is 25.3 Å². The van der Waals surface area contributed by atoms with Crippen molar-refractivity contribution in [2.45, 2.75) is 31.8 Å². The summed E-state index contributed by atoms with van der Waals surface area (Å²) in [6.45, 7) is 2.65. The average Bonchev–Trinajstić information content (AvgIpc) is 2.88. The number of hydrogen-bond donors (Lipinski definition) is 1. The molecule has 0 radical (unpaired) electrons. The quantitative estimate of drug-likeness (QED) is 0.792. The summed E-state index contributed by atoms with van der Waals surface area (Å²) in [4.78, 5) is 0. The first kappa shape index (κ1) is 9.53. The number of para-hydroxylation sites is 1. The molecule has 0 aromatic heterocycles. The highest BCUT2D eigenvalue weighted by Crippen LogP contribution is 2.39. The number of ether oxygens (including phenoxy) is 1. The summed E-state index contributed by atoms with van der Waals surface area (Å²) in [5.41, 5.74) is 0.682. The van der Waals surface area contributed by atoms with Crippen LogP contribution in [0.2, 0.25) is 0 Å². The fourth-order valence-electron chi connectivity index (χ4n) is 1.62. The standard InChI is InChI=1S/C12H16O2/c1-2-14-11-6-4-3-5-10(11)9-12(13)7-8-12/h3-6,13H,2,7-9H2,1H3. The van der Waals surface area contributed by atoms with Gasteiger partial charge in [-0.1, -0.05) is 18.2 Å². The van der Waals surface area contributed by atoms with Crippen LogP contribution in [0.15, 0.2) is 24.3 Å². The molecule has 2 heteroatoms. The van der Waals surface area contributed by atoms with Gasteiger partial charge in [0.05, 0.1) is 12.2 Å². The molecular formula is C12H16O2. The Hall–Kier alpha value is -1.02. The van der Waals surface area contributed by atoms with E-state index in [1.165, 1.54) is 0 Å². The zero-order chi connectivity index (χ0) is 10.0. The predicted octanol–water partition coefficient (Wildman–Crippen LogP) is 2.15. The summed E-state index contributed by atoms with van der Waals surface area (Å²) in [6, 6.07) is 7.95. The van der Waals surface area contributed by atoms with E-state index in [1.807, 2.05) is 31.2 Å². The molecular weight excluding hydrogens is 176 g/mol. The molecule has 1 saturated carbocycles. The van der Waals surface area contributed by atoms with Gasteiger partial charge in [-0.3, -0.25) is 0 Å². The third-order valence-corrected chi connectivity index (χ3v) is 2.62. The Morgan fingerprint density at radius 2 is 2.07 bits per heavy atom. The number of aliphatic hydroxyl groups is 1. The fraction of sp³-hybridized carbons (Fsp3) is 0.500. The molecule has 76 valence electrons. The lowest BCUT2D eigenvalue weighted by Crippen LogP contribution is -2.11. The van der Waals surface area contributed by atoms with Crippen molar-refractivity contribution in [2.24, 2.45) is 0 Å². The molecule has 2 rings (SSSR count). The van der Waals surface area contributed by atoms with Crippen LogP contribution in [0.5, 0.6) is 5.75 Å². The molecule has 0 bridgehead atoms. The highest BCUT2D eigenvalue weighted by atomic mass is 16.5. The van der Waals surface area contributed by atoms with Crippen LogP contribution in [0.4, 0.5) is 0 Å². The number of hydrogen-bond acceptors (Lipinski definition) is 2. The molecule has 0 unspecified atom stereocenters. The van der Waals surface area contributed by atoms with Crippen molar-refractivity contribution in [2.75, 3.05) is 6.61 Å². The van der Waals surface area contributed by atoms with E-state index in [0.717, 1.165) is 30.6 Å². The van der Waals surface area contributed by atoms with Crippen LogP contribution in [0, 0.1) is 0 Å². The van der Waals surface area contributed by atoms with Gasteiger partial charge in [0, 0.05) is 6.42 Å². The van der Waals surface area contributed by atoms with Gasteiger partial charge in [-0.25, -0.2) is 0 Å². The van der Waals surface area contributed by atoms with Gasteiger partial charge in [0.15, 0.2) is 0 Å². The van der Waals surface area contributed by atoms with E-state index in [1.54, 1.807) is 0 Å². The topological polar surface area (TPSA) is 29.5 Å². The maximum Gasteiger partial charge on any atom is 0.122 e. The molecule has 0 saturated heterocycles. The van der Waals surface area contributed by atoms with Gasteiger partial charge in [0.1, 0.15) is 5.75 Å². The van der Waals surface area contributed by atoms with Gasteiger partial charge in [0.25, 0.3) is 0 Å². The average molecular weight is 192 g/mol. The second-order valence-electron chi connectivity index (χ2n) is 3.94. The molecule has 1 aliphatic carbocycles. The molecule has 0 aliphatic heterocycles. The zero-order valence-corrected chi connectivity index (χ0v) is 8.49.